The van der Waals surface area contributed by atoms with Crippen LogP contribution in [0, 0.1) is 12.7 Å². The number of halogens is 1. The SMILES string of the molecule is Cc1cc(F)cc(-c2ccnc3nc(-c4[nH]nc5ncc(-c6cncc(OCCN7CCCC7)c6)cc45)[nH]c23)c1. The first-order valence-corrected chi connectivity index (χ1v) is 13.4. The third kappa shape index (κ3) is 4.66. The standard InChI is InChI=1S/C30H27FN8O/c1-18-10-19(12-22(31)11-18)24-4-5-33-29-26(24)35-30(36-29)27-25-14-21(16-34-28(25)38-37-27)20-13-23(17-32-15-20)40-9-8-39-6-2-3-7-39/h4-5,10-17H,2-3,6-9H2,1H3,(H,33,35,36)(H,34,37,38). The lowest BCUT2D eigenvalue weighted by atomic mass is 10.0. The highest BCUT2D eigenvalue weighted by Gasteiger charge is 2.17. The highest BCUT2D eigenvalue weighted by atomic mass is 19.1. The highest BCUT2D eigenvalue weighted by Crippen LogP contribution is 2.32. The summed E-state index contributed by atoms with van der Waals surface area (Å²) in [6.07, 6.45) is 9.53. The number of aromatic amines is 2. The molecule has 7 rings (SSSR count). The van der Waals surface area contributed by atoms with Crippen LogP contribution in [0.15, 0.2) is 61.2 Å². The number of ether oxygens (including phenoxy) is 1. The lowest BCUT2D eigenvalue weighted by Gasteiger charge is -2.15. The molecular formula is C30H27FN8O. The molecule has 5 aromatic heterocycles. The zero-order valence-electron chi connectivity index (χ0n) is 22.0. The second-order valence-corrected chi connectivity index (χ2v) is 10.2. The van der Waals surface area contributed by atoms with Gasteiger partial charge in [0.15, 0.2) is 17.1 Å². The summed E-state index contributed by atoms with van der Waals surface area (Å²) in [6, 6.07) is 10.8. The van der Waals surface area contributed by atoms with Crippen molar-refractivity contribution in [3.8, 4) is 39.5 Å². The van der Waals surface area contributed by atoms with Gasteiger partial charge in [0.05, 0.1) is 17.1 Å². The van der Waals surface area contributed by atoms with Gasteiger partial charge in [0, 0.05) is 41.8 Å². The Labute approximate surface area is 229 Å². The number of aryl methyl sites for hydroxylation is 1. The molecule has 9 nitrogen and oxygen atoms in total. The van der Waals surface area contributed by atoms with E-state index in [1.165, 1.54) is 25.0 Å². The van der Waals surface area contributed by atoms with Crippen LogP contribution in [-0.2, 0) is 0 Å². The number of nitrogens with zero attached hydrogens (tertiary/aromatic N) is 6. The molecule has 1 fully saturated rings. The van der Waals surface area contributed by atoms with E-state index in [2.05, 4.69) is 35.0 Å². The van der Waals surface area contributed by atoms with Crippen molar-refractivity contribution in [3.05, 3.63) is 72.6 Å². The Balaban J connectivity index is 1.21. The van der Waals surface area contributed by atoms with Crippen LogP contribution >= 0.6 is 0 Å². The van der Waals surface area contributed by atoms with Gasteiger partial charge in [-0.25, -0.2) is 19.3 Å². The normalized spacial score (nSPS) is 13.9. The summed E-state index contributed by atoms with van der Waals surface area (Å²) in [6.45, 7) is 5.71. The number of aromatic nitrogens is 7. The Morgan fingerprint density at radius 2 is 1.82 bits per heavy atom. The van der Waals surface area contributed by atoms with Gasteiger partial charge in [-0.3, -0.25) is 15.0 Å². The molecular weight excluding hydrogens is 507 g/mol. The van der Waals surface area contributed by atoms with Gasteiger partial charge in [-0.1, -0.05) is 6.07 Å². The smallest absolute Gasteiger partial charge is 0.181 e. The minimum atomic E-state index is -0.284. The van der Waals surface area contributed by atoms with Crippen molar-refractivity contribution in [2.45, 2.75) is 19.8 Å². The minimum Gasteiger partial charge on any atom is -0.491 e. The van der Waals surface area contributed by atoms with Crippen LogP contribution in [0.25, 0.3) is 56.0 Å². The average Bonchev–Trinajstić information content (AvgIpc) is 3.71. The molecule has 0 spiro atoms. The zero-order valence-corrected chi connectivity index (χ0v) is 22.0. The third-order valence-electron chi connectivity index (χ3n) is 7.31. The average molecular weight is 535 g/mol. The van der Waals surface area contributed by atoms with Gasteiger partial charge in [0.25, 0.3) is 0 Å². The van der Waals surface area contributed by atoms with Crippen LogP contribution in [0.4, 0.5) is 4.39 Å². The predicted octanol–water partition coefficient (Wildman–Crippen LogP) is 5.55. The molecule has 2 N–H and O–H groups in total. The quantitative estimate of drug-likeness (QED) is 0.277. The summed E-state index contributed by atoms with van der Waals surface area (Å²) in [4.78, 5) is 23.9. The number of fused-ring (bicyclic) bond motifs is 2. The van der Waals surface area contributed by atoms with Gasteiger partial charge in [-0.05, 0) is 74.3 Å². The fourth-order valence-corrected chi connectivity index (χ4v) is 5.35. The van der Waals surface area contributed by atoms with E-state index in [4.69, 9.17) is 9.72 Å². The summed E-state index contributed by atoms with van der Waals surface area (Å²) in [5.41, 5.74) is 6.71. The van der Waals surface area contributed by atoms with Crippen LogP contribution < -0.4 is 4.74 Å². The Kier molecular flexibility index (Phi) is 6.16. The number of benzene rings is 1. The number of H-pyrrole nitrogens is 2. The zero-order chi connectivity index (χ0) is 27.1. The first-order chi connectivity index (χ1) is 19.6. The monoisotopic (exact) mass is 534 g/mol. The maximum atomic E-state index is 14.2. The summed E-state index contributed by atoms with van der Waals surface area (Å²) in [5, 5.41) is 8.27. The molecule has 200 valence electrons. The van der Waals surface area contributed by atoms with E-state index in [0.29, 0.717) is 29.4 Å². The van der Waals surface area contributed by atoms with E-state index in [1.54, 1.807) is 24.8 Å². The van der Waals surface area contributed by atoms with E-state index in [0.717, 1.165) is 64.1 Å². The molecule has 0 radical (unpaired) electrons. The van der Waals surface area contributed by atoms with Crippen molar-refractivity contribution >= 4 is 22.2 Å². The Morgan fingerprint density at radius 1 is 0.950 bits per heavy atom. The molecule has 1 aliphatic heterocycles. The Morgan fingerprint density at radius 3 is 2.70 bits per heavy atom. The van der Waals surface area contributed by atoms with Crippen LogP contribution in [0.5, 0.6) is 5.75 Å². The third-order valence-corrected chi connectivity index (χ3v) is 7.31. The van der Waals surface area contributed by atoms with E-state index in [1.807, 2.05) is 31.2 Å². The highest BCUT2D eigenvalue weighted by molar-refractivity contribution is 5.96. The molecule has 0 aliphatic carbocycles. The molecule has 0 saturated carbocycles. The number of imidazole rings is 1. The number of nitrogens with one attached hydrogen (secondary N) is 2. The number of likely N-dealkylation sites (tertiary alicyclic amines) is 1. The van der Waals surface area contributed by atoms with Gasteiger partial charge < -0.3 is 9.72 Å². The lowest BCUT2D eigenvalue weighted by Crippen LogP contribution is -2.25. The maximum Gasteiger partial charge on any atom is 0.181 e. The maximum absolute atomic E-state index is 14.2. The number of rotatable bonds is 7. The van der Waals surface area contributed by atoms with Crippen LogP contribution in [-0.4, -0.2) is 66.3 Å². The van der Waals surface area contributed by atoms with E-state index in [9.17, 15) is 4.39 Å². The predicted molar refractivity (Wildman–Crippen MR) is 151 cm³/mol. The number of hydrogen-bond donors (Lipinski definition) is 2. The number of pyridine rings is 3. The molecule has 0 amide bonds. The van der Waals surface area contributed by atoms with Gasteiger partial charge >= 0.3 is 0 Å². The van der Waals surface area contributed by atoms with Crippen molar-refractivity contribution in [3.63, 3.8) is 0 Å². The largest absolute Gasteiger partial charge is 0.491 e. The van der Waals surface area contributed by atoms with Gasteiger partial charge in [0.2, 0.25) is 0 Å². The van der Waals surface area contributed by atoms with E-state index < -0.39 is 0 Å². The van der Waals surface area contributed by atoms with E-state index in [-0.39, 0.29) is 5.82 Å². The summed E-state index contributed by atoms with van der Waals surface area (Å²) >= 11 is 0. The molecule has 0 unspecified atom stereocenters. The molecule has 1 aliphatic rings. The Hall–Kier alpha value is -4.70. The van der Waals surface area contributed by atoms with Crippen molar-refractivity contribution in [2.75, 3.05) is 26.2 Å². The molecule has 0 atom stereocenters. The van der Waals surface area contributed by atoms with E-state index >= 15 is 0 Å². The molecule has 40 heavy (non-hydrogen) atoms. The van der Waals surface area contributed by atoms with Crippen LogP contribution in [0.2, 0.25) is 0 Å². The number of hydrogen-bond acceptors (Lipinski definition) is 7. The molecule has 10 heteroatoms. The molecule has 6 heterocycles. The van der Waals surface area contributed by atoms with Crippen molar-refractivity contribution in [1.29, 1.82) is 0 Å². The summed E-state index contributed by atoms with van der Waals surface area (Å²) in [5.74, 6) is 1.02. The molecule has 0 bridgehead atoms. The lowest BCUT2D eigenvalue weighted by molar-refractivity contribution is 0.237. The van der Waals surface area contributed by atoms with Crippen LogP contribution in [0.1, 0.15) is 18.4 Å². The summed E-state index contributed by atoms with van der Waals surface area (Å²) < 4.78 is 20.2. The van der Waals surface area contributed by atoms with Gasteiger partial charge in [0.1, 0.15) is 23.9 Å². The fourth-order valence-electron chi connectivity index (χ4n) is 5.35. The topological polar surface area (TPSA) is 108 Å². The fraction of sp³-hybridized carbons (Fsp3) is 0.233. The van der Waals surface area contributed by atoms with Crippen molar-refractivity contribution in [1.82, 2.24) is 40.0 Å². The van der Waals surface area contributed by atoms with Crippen molar-refractivity contribution in [2.24, 2.45) is 0 Å². The first kappa shape index (κ1) is 24.3. The first-order valence-electron chi connectivity index (χ1n) is 13.4. The second-order valence-electron chi connectivity index (χ2n) is 10.2. The van der Waals surface area contributed by atoms with Crippen LogP contribution in [0.3, 0.4) is 0 Å². The minimum absolute atomic E-state index is 0.284. The summed E-state index contributed by atoms with van der Waals surface area (Å²) in [7, 11) is 0. The van der Waals surface area contributed by atoms with Gasteiger partial charge in [-0.15, -0.1) is 0 Å². The second kappa shape index (κ2) is 10.1. The van der Waals surface area contributed by atoms with Gasteiger partial charge in [-0.2, -0.15) is 5.10 Å². The molecule has 6 aromatic rings. The molecule has 1 saturated heterocycles. The van der Waals surface area contributed by atoms with Crippen molar-refractivity contribution < 1.29 is 9.13 Å². The Bertz CT molecular complexity index is 1820. The molecule has 1 aromatic carbocycles.